The van der Waals surface area contributed by atoms with Crippen LogP contribution < -0.4 is 15.6 Å². The van der Waals surface area contributed by atoms with Gasteiger partial charge in [0.2, 0.25) is 0 Å². The first-order valence-corrected chi connectivity index (χ1v) is 10.3. The third kappa shape index (κ3) is 3.32. The second-order valence-corrected chi connectivity index (χ2v) is 9.68. The zero-order chi connectivity index (χ0) is 17.7. The summed E-state index contributed by atoms with van der Waals surface area (Å²) in [7, 11) is -2.59. The smallest absolute Gasteiger partial charge is 0.330 e. The number of aliphatic carboxylic acids is 1. The molecule has 25 heavy (non-hydrogen) atoms. The van der Waals surface area contributed by atoms with Crippen molar-refractivity contribution in [2.75, 3.05) is 0 Å². The lowest BCUT2D eigenvalue weighted by atomic mass is 10.3. The van der Waals surface area contributed by atoms with Gasteiger partial charge in [-0.05, 0) is 22.5 Å². The summed E-state index contributed by atoms with van der Waals surface area (Å²) in [5, 5.41) is 13.1. The maximum Gasteiger partial charge on any atom is 0.330 e. The standard InChI is InChI=1S/C22H20O2Si/c1-18(22(23)24)17-25(19-11-5-2-6-12-19,20-13-7-3-8-14-20)21-15-9-4-10-16-21/h2-17H,1H3,(H,23,24)/b18-17+. The fourth-order valence-corrected chi connectivity index (χ4v) is 7.67. The van der Waals surface area contributed by atoms with E-state index in [1.165, 1.54) is 15.6 Å². The van der Waals surface area contributed by atoms with Crippen molar-refractivity contribution in [2.45, 2.75) is 6.92 Å². The van der Waals surface area contributed by atoms with Crippen molar-refractivity contribution >= 4 is 29.6 Å². The summed E-state index contributed by atoms with van der Waals surface area (Å²) in [6.07, 6.45) is 0. The largest absolute Gasteiger partial charge is 0.478 e. The highest BCUT2D eigenvalue weighted by molar-refractivity contribution is 7.15. The molecule has 2 nitrogen and oxygen atoms in total. The number of hydrogen-bond acceptors (Lipinski definition) is 1. The van der Waals surface area contributed by atoms with Gasteiger partial charge in [0.25, 0.3) is 0 Å². The molecule has 0 unspecified atom stereocenters. The van der Waals surface area contributed by atoms with Crippen LogP contribution in [-0.2, 0) is 4.79 Å². The predicted molar refractivity (Wildman–Crippen MR) is 105 cm³/mol. The Bertz CT molecular complexity index is 775. The topological polar surface area (TPSA) is 37.3 Å². The summed E-state index contributed by atoms with van der Waals surface area (Å²) < 4.78 is 0. The van der Waals surface area contributed by atoms with E-state index in [0.29, 0.717) is 5.57 Å². The highest BCUT2D eigenvalue weighted by Gasteiger charge is 2.37. The van der Waals surface area contributed by atoms with Gasteiger partial charge in [0.1, 0.15) is 0 Å². The van der Waals surface area contributed by atoms with Crippen LogP contribution in [0.5, 0.6) is 0 Å². The van der Waals surface area contributed by atoms with Gasteiger partial charge in [0.15, 0.2) is 8.07 Å². The highest BCUT2D eigenvalue weighted by atomic mass is 28.3. The first kappa shape index (κ1) is 16.9. The van der Waals surface area contributed by atoms with Crippen LogP contribution in [0.1, 0.15) is 6.92 Å². The lowest BCUT2D eigenvalue weighted by molar-refractivity contribution is -0.132. The van der Waals surface area contributed by atoms with E-state index in [-0.39, 0.29) is 0 Å². The molecule has 0 saturated carbocycles. The van der Waals surface area contributed by atoms with E-state index in [2.05, 4.69) is 36.4 Å². The normalized spacial score (nSPS) is 12.0. The lowest BCUT2D eigenvalue weighted by Crippen LogP contribution is -2.66. The van der Waals surface area contributed by atoms with Crippen LogP contribution >= 0.6 is 0 Å². The summed E-state index contributed by atoms with van der Waals surface area (Å²) in [6, 6.07) is 30.8. The number of benzene rings is 3. The number of carbonyl (C=O) groups is 1. The minimum Gasteiger partial charge on any atom is -0.478 e. The molecular formula is C22H20O2Si. The Hall–Kier alpha value is -2.91. The zero-order valence-corrected chi connectivity index (χ0v) is 15.1. The van der Waals surface area contributed by atoms with Gasteiger partial charge in [0.05, 0.1) is 0 Å². The molecule has 3 heteroatoms. The Balaban J connectivity index is 2.40. The van der Waals surface area contributed by atoms with E-state index in [9.17, 15) is 9.90 Å². The van der Waals surface area contributed by atoms with E-state index < -0.39 is 14.0 Å². The summed E-state index contributed by atoms with van der Waals surface area (Å²) in [5.41, 5.74) is 2.37. The van der Waals surface area contributed by atoms with E-state index in [4.69, 9.17) is 0 Å². The van der Waals surface area contributed by atoms with Gasteiger partial charge in [0, 0.05) is 5.57 Å². The van der Waals surface area contributed by atoms with Gasteiger partial charge in [-0.3, -0.25) is 0 Å². The molecule has 0 atom stereocenters. The first-order chi connectivity index (χ1) is 12.1. The van der Waals surface area contributed by atoms with Gasteiger partial charge in [-0.25, -0.2) is 4.79 Å². The average molecular weight is 344 g/mol. The maximum atomic E-state index is 11.6. The lowest BCUT2D eigenvalue weighted by Gasteiger charge is -2.31. The Kier molecular flexibility index (Phi) is 4.96. The van der Waals surface area contributed by atoms with Gasteiger partial charge < -0.3 is 5.11 Å². The minimum absolute atomic E-state index is 0.378. The van der Waals surface area contributed by atoms with Crippen molar-refractivity contribution in [2.24, 2.45) is 0 Å². The molecule has 0 fully saturated rings. The fraction of sp³-hybridized carbons (Fsp3) is 0.0455. The molecule has 0 radical (unpaired) electrons. The molecule has 0 aliphatic rings. The number of carboxylic acid groups (broad SMARTS) is 1. The molecule has 0 aromatic heterocycles. The molecule has 3 aromatic rings. The molecule has 0 saturated heterocycles. The van der Waals surface area contributed by atoms with Crippen LogP contribution in [0.25, 0.3) is 0 Å². The summed E-state index contributed by atoms with van der Waals surface area (Å²) in [5.74, 6) is -0.875. The first-order valence-electron chi connectivity index (χ1n) is 8.24. The summed E-state index contributed by atoms with van der Waals surface area (Å²) >= 11 is 0. The summed E-state index contributed by atoms with van der Waals surface area (Å²) in [4.78, 5) is 11.6. The van der Waals surface area contributed by atoms with Gasteiger partial charge in [-0.15, -0.1) is 0 Å². The summed E-state index contributed by atoms with van der Waals surface area (Å²) in [6.45, 7) is 1.68. The predicted octanol–water partition coefficient (Wildman–Crippen LogP) is 2.73. The van der Waals surface area contributed by atoms with Crippen molar-refractivity contribution < 1.29 is 9.90 Å². The molecule has 3 rings (SSSR count). The van der Waals surface area contributed by atoms with Gasteiger partial charge >= 0.3 is 5.97 Å². The number of rotatable bonds is 5. The van der Waals surface area contributed by atoms with Crippen molar-refractivity contribution in [3.8, 4) is 0 Å². The van der Waals surface area contributed by atoms with Crippen molar-refractivity contribution in [3.05, 3.63) is 102 Å². The van der Waals surface area contributed by atoms with Crippen molar-refractivity contribution in [3.63, 3.8) is 0 Å². The maximum absolute atomic E-state index is 11.6. The van der Waals surface area contributed by atoms with E-state index >= 15 is 0 Å². The number of carboxylic acids is 1. The third-order valence-electron chi connectivity index (χ3n) is 4.46. The molecule has 3 aromatic carbocycles. The van der Waals surface area contributed by atoms with Crippen LogP contribution in [0, 0.1) is 0 Å². The zero-order valence-electron chi connectivity index (χ0n) is 14.1. The second kappa shape index (κ2) is 7.32. The Labute approximate surface area is 149 Å². The Morgan fingerprint density at radius 3 is 1.32 bits per heavy atom. The van der Waals surface area contributed by atoms with Crippen LogP contribution in [0.2, 0.25) is 0 Å². The molecule has 0 heterocycles. The average Bonchev–Trinajstić information content (AvgIpc) is 2.68. The van der Waals surface area contributed by atoms with Gasteiger partial charge in [-0.2, -0.15) is 0 Å². The van der Waals surface area contributed by atoms with E-state index in [0.717, 1.165) is 0 Å². The quantitative estimate of drug-likeness (QED) is 0.439. The molecule has 0 spiro atoms. The minimum atomic E-state index is -2.59. The van der Waals surface area contributed by atoms with Crippen molar-refractivity contribution in [1.29, 1.82) is 0 Å². The molecular weight excluding hydrogens is 324 g/mol. The number of hydrogen-bond donors (Lipinski definition) is 1. The SMILES string of the molecule is C/C(=C\[Si](c1ccccc1)(c1ccccc1)c1ccccc1)C(=O)O. The highest BCUT2D eigenvalue weighted by Crippen LogP contribution is 2.12. The molecule has 0 bridgehead atoms. The van der Waals surface area contributed by atoms with E-state index in [1.807, 2.05) is 60.3 Å². The van der Waals surface area contributed by atoms with Crippen LogP contribution in [-0.4, -0.2) is 19.1 Å². The Morgan fingerprint density at radius 2 is 1.04 bits per heavy atom. The molecule has 124 valence electrons. The molecule has 1 N–H and O–H groups in total. The van der Waals surface area contributed by atoms with Crippen molar-refractivity contribution in [1.82, 2.24) is 0 Å². The van der Waals surface area contributed by atoms with Crippen LogP contribution in [0.4, 0.5) is 0 Å². The molecule has 0 aliphatic carbocycles. The van der Waals surface area contributed by atoms with Crippen LogP contribution in [0.3, 0.4) is 0 Å². The van der Waals surface area contributed by atoms with Gasteiger partial charge in [-0.1, -0.05) is 96.7 Å². The monoisotopic (exact) mass is 344 g/mol. The van der Waals surface area contributed by atoms with Crippen LogP contribution in [0.15, 0.2) is 102 Å². The molecule has 0 amide bonds. The second-order valence-electron chi connectivity index (χ2n) is 6.04. The molecule has 0 aliphatic heterocycles. The van der Waals surface area contributed by atoms with E-state index in [1.54, 1.807) is 6.92 Å². The third-order valence-corrected chi connectivity index (χ3v) is 9.06. The fourth-order valence-electron chi connectivity index (χ4n) is 3.24. The Morgan fingerprint density at radius 1 is 0.720 bits per heavy atom.